The fourth-order valence-corrected chi connectivity index (χ4v) is 2.76. The summed E-state index contributed by atoms with van der Waals surface area (Å²) in [5.41, 5.74) is 0.903. The number of pyridine rings is 1. The van der Waals surface area contributed by atoms with Crippen LogP contribution in [-0.4, -0.2) is 34.4 Å². The molecule has 23 heavy (non-hydrogen) atoms. The molecular formula is C17H18N4O2. The van der Waals surface area contributed by atoms with E-state index in [0.29, 0.717) is 11.9 Å². The maximum Gasteiger partial charge on any atom is 0.249 e. The number of hydrogen-bond donors (Lipinski definition) is 2. The van der Waals surface area contributed by atoms with Crippen LogP contribution in [0.2, 0.25) is 0 Å². The van der Waals surface area contributed by atoms with Crippen LogP contribution in [0.25, 0.3) is 10.9 Å². The zero-order valence-electron chi connectivity index (χ0n) is 12.7. The average molecular weight is 310 g/mol. The number of para-hydroxylation sites is 1. The van der Waals surface area contributed by atoms with E-state index in [1.165, 1.54) is 0 Å². The molecule has 118 valence electrons. The SMILES string of the molecule is c1ccc(Oc2n[nH]c3ccnc(NC4CCOCC4)c23)cc1. The first-order valence-electron chi connectivity index (χ1n) is 7.80. The van der Waals surface area contributed by atoms with E-state index in [2.05, 4.69) is 20.5 Å². The van der Waals surface area contributed by atoms with Gasteiger partial charge >= 0.3 is 0 Å². The van der Waals surface area contributed by atoms with Gasteiger partial charge in [0.15, 0.2) is 0 Å². The molecule has 1 fully saturated rings. The van der Waals surface area contributed by atoms with Crippen molar-refractivity contribution in [2.24, 2.45) is 0 Å². The van der Waals surface area contributed by atoms with Gasteiger partial charge in [0.1, 0.15) is 17.0 Å². The summed E-state index contributed by atoms with van der Waals surface area (Å²) in [6, 6.07) is 11.9. The Morgan fingerprint density at radius 1 is 1.13 bits per heavy atom. The van der Waals surface area contributed by atoms with Crippen molar-refractivity contribution in [3.05, 3.63) is 42.6 Å². The highest BCUT2D eigenvalue weighted by Crippen LogP contribution is 2.32. The standard InChI is InChI=1S/C17H18N4O2/c1-2-4-13(5-3-1)23-17-15-14(20-21-17)6-9-18-16(15)19-12-7-10-22-11-8-12/h1-6,9,12H,7-8,10-11H2,(H,18,19)(H,20,21). The van der Waals surface area contributed by atoms with E-state index in [1.807, 2.05) is 36.4 Å². The van der Waals surface area contributed by atoms with Crippen LogP contribution in [0.5, 0.6) is 11.6 Å². The number of aromatic nitrogens is 3. The molecule has 0 unspecified atom stereocenters. The number of benzene rings is 1. The fourth-order valence-electron chi connectivity index (χ4n) is 2.76. The normalized spacial score (nSPS) is 15.7. The maximum absolute atomic E-state index is 5.91. The first-order valence-corrected chi connectivity index (χ1v) is 7.80. The third-order valence-electron chi connectivity index (χ3n) is 3.96. The molecule has 1 saturated heterocycles. The molecule has 0 aliphatic carbocycles. The third kappa shape index (κ3) is 2.98. The Bertz CT molecular complexity index is 782. The predicted molar refractivity (Wildman–Crippen MR) is 87.9 cm³/mol. The van der Waals surface area contributed by atoms with Crippen LogP contribution in [0.3, 0.4) is 0 Å². The van der Waals surface area contributed by atoms with E-state index in [0.717, 1.165) is 48.5 Å². The number of rotatable bonds is 4. The molecule has 1 aliphatic rings. The molecule has 4 rings (SSSR count). The molecule has 0 radical (unpaired) electrons. The van der Waals surface area contributed by atoms with E-state index in [9.17, 15) is 0 Å². The fraction of sp³-hybridized carbons (Fsp3) is 0.294. The zero-order valence-corrected chi connectivity index (χ0v) is 12.7. The van der Waals surface area contributed by atoms with E-state index in [-0.39, 0.29) is 0 Å². The van der Waals surface area contributed by atoms with Crippen LogP contribution in [-0.2, 0) is 4.74 Å². The Hall–Kier alpha value is -2.60. The van der Waals surface area contributed by atoms with Crippen LogP contribution in [0.15, 0.2) is 42.6 Å². The monoisotopic (exact) mass is 310 g/mol. The lowest BCUT2D eigenvalue weighted by molar-refractivity contribution is 0.0904. The largest absolute Gasteiger partial charge is 0.437 e. The highest BCUT2D eigenvalue weighted by molar-refractivity contribution is 5.94. The average Bonchev–Trinajstić information content (AvgIpc) is 3.01. The summed E-state index contributed by atoms with van der Waals surface area (Å²) in [5.74, 6) is 2.09. The van der Waals surface area contributed by atoms with Gasteiger partial charge in [-0.3, -0.25) is 5.10 Å². The molecule has 1 aromatic carbocycles. The molecule has 6 heteroatoms. The zero-order chi connectivity index (χ0) is 15.5. The topological polar surface area (TPSA) is 72.1 Å². The smallest absolute Gasteiger partial charge is 0.249 e. The summed E-state index contributed by atoms with van der Waals surface area (Å²) < 4.78 is 11.3. The summed E-state index contributed by atoms with van der Waals surface area (Å²) >= 11 is 0. The molecule has 0 bridgehead atoms. The van der Waals surface area contributed by atoms with Crippen molar-refractivity contribution in [1.82, 2.24) is 15.2 Å². The Balaban J connectivity index is 1.66. The van der Waals surface area contributed by atoms with Crippen LogP contribution in [0.4, 0.5) is 5.82 Å². The van der Waals surface area contributed by atoms with E-state index < -0.39 is 0 Å². The lowest BCUT2D eigenvalue weighted by atomic mass is 10.1. The number of H-pyrrole nitrogens is 1. The molecule has 0 amide bonds. The lowest BCUT2D eigenvalue weighted by Crippen LogP contribution is -2.28. The van der Waals surface area contributed by atoms with Gasteiger partial charge in [0.25, 0.3) is 0 Å². The van der Waals surface area contributed by atoms with Gasteiger partial charge in [0, 0.05) is 25.5 Å². The Morgan fingerprint density at radius 3 is 2.78 bits per heavy atom. The summed E-state index contributed by atoms with van der Waals surface area (Å²) in [5, 5.41) is 11.7. The highest BCUT2D eigenvalue weighted by Gasteiger charge is 2.18. The van der Waals surface area contributed by atoms with Crippen LogP contribution in [0, 0.1) is 0 Å². The number of aromatic amines is 1. The summed E-state index contributed by atoms with van der Waals surface area (Å²) in [6.45, 7) is 1.57. The quantitative estimate of drug-likeness (QED) is 0.773. The van der Waals surface area contributed by atoms with Crippen LogP contribution in [0.1, 0.15) is 12.8 Å². The molecule has 2 aromatic heterocycles. The van der Waals surface area contributed by atoms with Crippen molar-refractivity contribution in [2.75, 3.05) is 18.5 Å². The van der Waals surface area contributed by atoms with Gasteiger partial charge in [0.2, 0.25) is 5.88 Å². The van der Waals surface area contributed by atoms with Gasteiger partial charge in [-0.15, -0.1) is 5.10 Å². The van der Waals surface area contributed by atoms with E-state index >= 15 is 0 Å². The predicted octanol–water partition coefficient (Wildman–Crippen LogP) is 3.34. The van der Waals surface area contributed by atoms with E-state index in [4.69, 9.17) is 9.47 Å². The molecular weight excluding hydrogens is 292 g/mol. The van der Waals surface area contributed by atoms with Crippen molar-refractivity contribution in [1.29, 1.82) is 0 Å². The van der Waals surface area contributed by atoms with Gasteiger partial charge in [-0.1, -0.05) is 18.2 Å². The number of nitrogens with one attached hydrogen (secondary N) is 2. The Labute approximate surface area is 133 Å². The van der Waals surface area contributed by atoms with Crippen LogP contribution >= 0.6 is 0 Å². The first-order chi connectivity index (χ1) is 11.4. The van der Waals surface area contributed by atoms with Gasteiger partial charge in [0.05, 0.1) is 5.52 Å². The van der Waals surface area contributed by atoms with Crippen molar-refractivity contribution in [3.63, 3.8) is 0 Å². The second-order valence-electron chi connectivity index (χ2n) is 5.56. The lowest BCUT2D eigenvalue weighted by Gasteiger charge is -2.23. The molecule has 3 aromatic rings. The molecule has 6 nitrogen and oxygen atoms in total. The van der Waals surface area contributed by atoms with Crippen molar-refractivity contribution in [2.45, 2.75) is 18.9 Å². The Morgan fingerprint density at radius 2 is 1.96 bits per heavy atom. The summed E-state index contributed by atoms with van der Waals surface area (Å²) in [4.78, 5) is 4.48. The number of fused-ring (bicyclic) bond motifs is 1. The minimum atomic E-state index is 0.362. The summed E-state index contributed by atoms with van der Waals surface area (Å²) in [6.07, 6.45) is 3.73. The van der Waals surface area contributed by atoms with Crippen LogP contribution < -0.4 is 10.1 Å². The second kappa shape index (κ2) is 6.26. The molecule has 0 spiro atoms. The second-order valence-corrected chi connectivity index (χ2v) is 5.56. The summed E-state index contributed by atoms with van der Waals surface area (Å²) in [7, 11) is 0. The van der Waals surface area contributed by atoms with Crippen molar-refractivity contribution >= 4 is 16.7 Å². The van der Waals surface area contributed by atoms with Gasteiger partial charge < -0.3 is 14.8 Å². The van der Waals surface area contributed by atoms with Gasteiger partial charge in [-0.05, 0) is 31.0 Å². The van der Waals surface area contributed by atoms with Gasteiger partial charge in [-0.25, -0.2) is 4.98 Å². The number of ether oxygens (including phenoxy) is 2. The number of hydrogen-bond acceptors (Lipinski definition) is 5. The molecule has 0 saturated carbocycles. The number of anilines is 1. The maximum atomic E-state index is 5.91. The minimum absolute atomic E-state index is 0.362. The highest BCUT2D eigenvalue weighted by atomic mass is 16.5. The minimum Gasteiger partial charge on any atom is -0.437 e. The third-order valence-corrected chi connectivity index (χ3v) is 3.96. The van der Waals surface area contributed by atoms with Crippen molar-refractivity contribution < 1.29 is 9.47 Å². The van der Waals surface area contributed by atoms with Crippen molar-refractivity contribution in [3.8, 4) is 11.6 Å². The Kier molecular flexibility index (Phi) is 3.81. The first kappa shape index (κ1) is 14.0. The molecule has 2 N–H and O–H groups in total. The molecule has 3 heterocycles. The number of nitrogens with zero attached hydrogens (tertiary/aromatic N) is 2. The molecule has 0 atom stereocenters. The molecule has 1 aliphatic heterocycles. The van der Waals surface area contributed by atoms with Gasteiger partial charge in [-0.2, -0.15) is 0 Å². The van der Waals surface area contributed by atoms with E-state index in [1.54, 1.807) is 6.20 Å².